The number of halogens is 1. The molecule has 0 saturated heterocycles. The highest BCUT2D eigenvalue weighted by atomic mass is 35.5. The van der Waals surface area contributed by atoms with Crippen molar-refractivity contribution in [2.75, 3.05) is 18.4 Å². The van der Waals surface area contributed by atoms with Crippen molar-refractivity contribution in [3.8, 4) is 0 Å². The lowest BCUT2D eigenvalue weighted by Crippen LogP contribution is -2.38. The van der Waals surface area contributed by atoms with Crippen molar-refractivity contribution in [2.45, 2.75) is 6.92 Å². The van der Waals surface area contributed by atoms with E-state index in [1.807, 2.05) is 23.2 Å². The first kappa shape index (κ1) is 18.3. The molecule has 28 heavy (non-hydrogen) atoms. The van der Waals surface area contributed by atoms with E-state index in [1.165, 1.54) is 0 Å². The summed E-state index contributed by atoms with van der Waals surface area (Å²) in [6, 6.07) is 10.8. The van der Waals surface area contributed by atoms with Crippen LogP contribution in [0.15, 0.2) is 48.7 Å². The number of carbonyl (C=O) groups excluding carboxylic acids is 2. The molecule has 0 bridgehead atoms. The number of amides is 2. The summed E-state index contributed by atoms with van der Waals surface area (Å²) in [6.07, 6.45) is 4.52. The van der Waals surface area contributed by atoms with E-state index in [2.05, 4.69) is 28.3 Å². The zero-order chi connectivity index (χ0) is 19.7. The van der Waals surface area contributed by atoms with Crippen LogP contribution in [0.2, 0.25) is 5.02 Å². The van der Waals surface area contributed by atoms with Crippen LogP contribution in [0.3, 0.4) is 0 Å². The van der Waals surface area contributed by atoms with Gasteiger partial charge in [0.05, 0.1) is 0 Å². The number of hydrogen-bond acceptors (Lipinski definition) is 3. The molecule has 7 heteroatoms. The third-order valence-electron chi connectivity index (χ3n) is 4.98. The highest BCUT2D eigenvalue weighted by molar-refractivity contribution is 6.30. The van der Waals surface area contributed by atoms with Crippen molar-refractivity contribution in [1.29, 1.82) is 0 Å². The maximum atomic E-state index is 12.8. The van der Waals surface area contributed by atoms with Crippen molar-refractivity contribution in [2.24, 2.45) is 5.92 Å². The average molecular weight is 395 g/mol. The van der Waals surface area contributed by atoms with Gasteiger partial charge in [0, 0.05) is 35.3 Å². The minimum atomic E-state index is -0.0105. The van der Waals surface area contributed by atoms with Gasteiger partial charge in [0.2, 0.25) is 6.41 Å². The fourth-order valence-corrected chi connectivity index (χ4v) is 3.77. The first-order chi connectivity index (χ1) is 13.6. The van der Waals surface area contributed by atoms with Gasteiger partial charge in [0.1, 0.15) is 11.5 Å². The number of pyridine rings is 1. The molecule has 142 valence electrons. The van der Waals surface area contributed by atoms with E-state index in [0.717, 1.165) is 22.2 Å². The number of hydrogen-bond donors (Lipinski definition) is 2. The number of carbonyl (C=O) groups is 2. The fourth-order valence-electron chi connectivity index (χ4n) is 3.64. The SMILES string of the molecule is CC1CN(C(=O)c2ccc(Cl)cc2)CC=C1c1cc(NC=O)nc2[nH]ccc12. The lowest BCUT2D eigenvalue weighted by molar-refractivity contribution is -0.105. The van der Waals surface area contributed by atoms with Crippen molar-refractivity contribution in [1.82, 2.24) is 14.9 Å². The van der Waals surface area contributed by atoms with Crippen LogP contribution in [-0.4, -0.2) is 40.3 Å². The standard InChI is InChI=1S/C21H19ClN4O2/c1-13-11-26(21(28)14-2-4-15(22)5-3-14)9-7-16(13)18-10-19(24-12-27)25-20-17(18)6-8-23-20/h2-8,10,12-13H,9,11H2,1H3,(H2,23,24,25,27). The Kier molecular flexibility index (Phi) is 4.88. The summed E-state index contributed by atoms with van der Waals surface area (Å²) in [7, 11) is 0. The molecule has 2 aromatic heterocycles. The number of rotatable bonds is 4. The maximum absolute atomic E-state index is 12.8. The van der Waals surface area contributed by atoms with E-state index in [-0.39, 0.29) is 11.8 Å². The minimum absolute atomic E-state index is 0.0105. The molecule has 0 fully saturated rings. The maximum Gasteiger partial charge on any atom is 0.254 e. The second kappa shape index (κ2) is 7.48. The van der Waals surface area contributed by atoms with Crippen molar-refractivity contribution in [3.05, 3.63) is 64.8 Å². The van der Waals surface area contributed by atoms with Gasteiger partial charge < -0.3 is 15.2 Å². The van der Waals surface area contributed by atoms with Gasteiger partial charge in [-0.2, -0.15) is 0 Å². The molecule has 1 aromatic carbocycles. The highest BCUT2D eigenvalue weighted by Crippen LogP contribution is 2.33. The first-order valence-corrected chi connectivity index (χ1v) is 9.38. The Morgan fingerprint density at radius 3 is 2.82 bits per heavy atom. The molecule has 0 spiro atoms. The van der Waals surface area contributed by atoms with Crippen molar-refractivity contribution >= 4 is 46.3 Å². The summed E-state index contributed by atoms with van der Waals surface area (Å²) in [5.74, 6) is 0.617. The molecule has 3 heterocycles. The molecule has 2 amide bonds. The molecule has 1 unspecified atom stereocenters. The molecule has 6 nitrogen and oxygen atoms in total. The topological polar surface area (TPSA) is 78.1 Å². The Morgan fingerprint density at radius 2 is 2.11 bits per heavy atom. The number of aromatic nitrogens is 2. The Balaban J connectivity index is 1.65. The third kappa shape index (κ3) is 3.39. The van der Waals surface area contributed by atoms with E-state index in [1.54, 1.807) is 24.3 Å². The second-order valence-corrected chi connectivity index (χ2v) is 7.27. The second-order valence-electron chi connectivity index (χ2n) is 6.83. The molecule has 1 aliphatic heterocycles. The lowest BCUT2D eigenvalue weighted by atomic mass is 9.89. The van der Waals surface area contributed by atoms with Crippen LogP contribution in [0.4, 0.5) is 5.82 Å². The zero-order valence-electron chi connectivity index (χ0n) is 15.3. The van der Waals surface area contributed by atoms with E-state index in [9.17, 15) is 9.59 Å². The van der Waals surface area contributed by atoms with Crippen LogP contribution in [0.1, 0.15) is 22.8 Å². The van der Waals surface area contributed by atoms with Crippen LogP contribution < -0.4 is 5.32 Å². The molecule has 0 aliphatic carbocycles. The number of H-pyrrole nitrogens is 1. The number of aromatic amines is 1. The van der Waals surface area contributed by atoms with Gasteiger partial charge in [-0.1, -0.05) is 24.6 Å². The average Bonchev–Trinajstić information content (AvgIpc) is 3.16. The molecular formula is C21H19ClN4O2. The Labute approximate surface area is 167 Å². The van der Waals surface area contributed by atoms with Crippen molar-refractivity contribution < 1.29 is 9.59 Å². The van der Waals surface area contributed by atoms with Crippen LogP contribution in [-0.2, 0) is 4.79 Å². The normalized spacial score (nSPS) is 16.7. The summed E-state index contributed by atoms with van der Waals surface area (Å²) in [5, 5.41) is 4.23. The van der Waals surface area contributed by atoms with Crippen LogP contribution >= 0.6 is 11.6 Å². The van der Waals surface area contributed by atoms with E-state index >= 15 is 0 Å². The molecular weight excluding hydrogens is 376 g/mol. The summed E-state index contributed by atoms with van der Waals surface area (Å²) >= 11 is 5.92. The number of fused-ring (bicyclic) bond motifs is 1. The quantitative estimate of drug-likeness (QED) is 0.657. The third-order valence-corrected chi connectivity index (χ3v) is 5.23. The molecule has 4 rings (SSSR count). The summed E-state index contributed by atoms with van der Waals surface area (Å²) in [6.45, 7) is 3.22. The van der Waals surface area contributed by atoms with E-state index in [0.29, 0.717) is 35.9 Å². The minimum Gasteiger partial charge on any atom is -0.346 e. The van der Waals surface area contributed by atoms with Gasteiger partial charge in [-0.3, -0.25) is 9.59 Å². The van der Waals surface area contributed by atoms with E-state index < -0.39 is 0 Å². The molecule has 3 aromatic rings. The highest BCUT2D eigenvalue weighted by Gasteiger charge is 2.25. The van der Waals surface area contributed by atoms with Crippen LogP contribution in [0.5, 0.6) is 0 Å². The van der Waals surface area contributed by atoms with E-state index in [4.69, 9.17) is 11.6 Å². The lowest BCUT2D eigenvalue weighted by Gasteiger charge is -2.32. The number of nitrogens with zero attached hydrogens (tertiary/aromatic N) is 2. The summed E-state index contributed by atoms with van der Waals surface area (Å²) < 4.78 is 0. The number of nitrogens with one attached hydrogen (secondary N) is 2. The first-order valence-electron chi connectivity index (χ1n) is 9.00. The van der Waals surface area contributed by atoms with Gasteiger partial charge in [0.25, 0.3) is 5.91 Å². The van der Waals surface area contributed by atoms with Gasteiger partial charge in [-0.15, -0.1) is 0 Å². The summed E-state index contributed by atoms with van der Waals surface area (Å²) in [4.78, 5) is 33.0. The monoisotopic (exact) mass is 394 g/mol. The summed E-state index contributed by atoms with van der Waals surface area (Å²) in [5.41, 5.74) is 3.50. The van der Waals surface area contributed by atoms with Gasteiger partial charge >= 0.3 is 0 Å². The van der Waals surface area contributed by atoms with Gasteiger partial charge in [-0.25, -0.2) is 4.98 Å². The molecule has 1 atom stereocenters. The predicted octanol–water partition coefficient (Wildman–Crippen LogP) is 3.96. The Morgan fingerprint density at radius 1 is 1.32 bits per heavy atom. The Bertz CT molecular complexity index is 1070. The smallest absolute Gasteiger partial charge is 0.254 e. The molecule has 0 saturated carbocycles. The van der Waals surface area contributed by atoms with Crippen molar-refractivity contribution in [3.63, 3.8) is 0 Å². The molecule has 1 aliphatic rings. The zero-order valence-corrected chi connectivity index (χ0v) is 16.0. The number of anilines is 1. The Hall–Kier alpha value is -3.12. The largest absolute Gasteiger partial charge is 0.346 e. The van der Waals surface area contributed by atoms with Crippen LogP contribution in [0, 0.1) is 5.92 Å². The molecule has 2 N–H and O–H groups in total. The van der Waals surface area contributed by atoms with Gasteiger partial charge in [-0.05, 0) is 53.5 Å². The van der Waals surface area contributed by atoms with Crippen LogP contribution in [0.25, 0.3) is 16.6 Å². The number of benzene rings is 1. The predicted molar refractivity (Wildman–Crippen MR) is 110 cm³/mol. The molecule has 0 radical (unpaired) electrons. The van der Waals surface area contributed by atoms with Gasteiger partial charge in [0.15, 0.2) is 0 Å². The fraction of sp³-hybridized carbons (Fsp3) is 0.190.